The first-order valence-corrected chi connectivity index (χ1v) is 14.4. The molecule has 200 valence electrons. The van der Waals surface area contributed by atoms with Crippen LogP contribution in [0.15, 0.2) is 72.8 Å². The number of benzene rings is 3. The number of aliphatic hydroxyl groups is 2. The third-order valence-electron chi connectivity index (χ3n) is 5.81. The second-order valence-electron chi connectivity index (χ2n) is 8.94. The van der Waals surface area contributed by atoms with Gasteiger partial charge in [0.2, 0.25) is 7.37 Å². The highest BCUT2D eigenvalue weighted by Gasteiger charge is 2.19. The zero-order valence-corrected chi connectivity index (χ0v) is 21.7. The fourth-order valence-electron chi connectivity index (χ4n) is 3.70. The van der Waals surface area contributed by atoms with E-state index in [4.69, 9.17) is 9.47 Å². The van der Waals surface area contributed by atoms with E-state index < -0.39 is 13.5 Å². The first kappa shape index (κ1) is 28.7. The lowest BCUT2D eigenvalue weighted by Crippen LogP contribution is -2.32. The van der Waals surface area contributed by atoms with Gasteiger partial charge in [0.1, 0.15) is 30.0 Å². The summed E-state index contributed by atoms with van der Waals surface area (Å²) in [6, 6.07) is 21.9. The summed E-state index contributed by atoms with van der Waals surface area (Å²) in [6.45, 7) is 0.786. The molecule has 3 aromatic rings. The first-order chi connectivity index (χ1) is 17.8. The quantitative estimate of drug-likeness (QED) is 0.140. The molecule has 0 amide bonds. The Morgan fingerprint density at radius 3 is 2.32 bits per heavy atom. The van der Waals surface area contributed by atoms with Gasteiger partial charge in [0.25, 0.3) is 0 Å². The molecule has 0 radical (unpaired) electrons. The Balaban J connectivity index is 1.29. The van der Waals surface area contributed by atoms with Crippen LogP contribution >= 0.6 is 7.37 Å². The molecule has 0 aromatic heterocycles. The Bertz CT molecular complexity index is 1130. The highest BCUT2D eigenvalue weighted by molar-refractivity contribution is 7.57. The maximum Gasteiger partial charge on any atom is 0.236 e. The zero-order valence-electron chi connectivity index (χ0n) is 20.8. The SMILES string of the molecule is O=P(O)(CCCc1ccccc1)COc1ccc(CCNC[C@H](O)COc2ccc(O)c(CO)c2)cc1. The molecule has 3 rings (SSSR count). The van der Waals surface area contributed by atoms with Crippen molar-refractivity contribution in [3.05, 3.63) is 89.5 Å². The molecular formula is C28H36NO7P. The van der Waals surface area contributed by atoms with Gasteiger partial charge in [-0.05, 0) is 67.3 Å². The number of hydrogen-bond donors (Lipinski definition) is 5. The molecule has 8 nitrogen and oxygen atoms in total. The van der Waals surface area contributed by atoms with Gasteiger partial charge in [-0.15, -0.1) is 0 Å². The summed E-state index contributed by atoms with van der Waals surface area (Å²) in [7, 11) is -3.36. The normalized spacial score (nSPS) is 13.6. The fraction of sp³-hybridized carbons (Fsp3) is 0.357. The van der Waals surface area contributed by atoms with Gasteiger partial charge in [0.15, 0.2) is 6.35 Å². The van der Waals surface area contributed by atoms with Crippen molar-refractivity contribution >= 4 is 7.37 Å². The van der Waals surface area contributed by atoms with Gasteiger partial charge in [-0.2, -0.15) is 0 Å². The molecular weight excluding hydrogens is 493 g/mol. The van der Waals surface area contributed by atoms with Crippen molar-refractivity contribution in [2.45, 2.75) is 32.0 Å². The minimum absolute atomic E-state index is 0.000383. The van der Waals surface area contributed by atoms with Crippen LogP contribution < -0.4 is 14.8 Å². The molecule has 0 bridgehead atoms. The van der Waals surface area contributed by atoms with Crippen LogP contribution in [-0.4, -0.2) is 58.5 Å². The van der Waals surface area contributed by atoms with Gasteiger partial charge >= 0.3 is 0 Å². The van der Waals surface area contributed by atoms with Crippen LogP contribution in [0, 0.1) is 0 Å². The van der Waals surface area contributed by atoms with Gasteiger partial charge in [0.05, 0.1) is 6.61 Å². The minimum atomic E-state index is -3.36. The van der Waals surface area contributed by atoms with Gasteiger partial charge in [0, 0.05) is 18.3 Å². The zero-order chi connectivity index (χ0) is 26.5. The number of ether oxygens (including phenoxy) is 2. The van der Waals surface area contributed by atoms with E-state index in [-0.39, 0.29) is 31.5 Å². The first-order valence-electron chi connectivity index (χ1n) is 12.4. The average molecular weight is 530 g/mol. The molecule has 0 aliphatic heterocycles. The Hall–Kier alpha value is -2.87. The molecule has 5 N–H and O–H groups in total. The van der Waals surface area contributed by atoms with E-state index in [1.807, 2.05) is 42.5 Å². The average Bonchev–Trinajstić information content (AvgIpc) is 2.90. The molecule has 0 spiro atoms. The monoisotopic (exact) mass is 529 g/mol. The van der Waals surface area contributed by atoms with Crippen molar-refractivity contribution in [1.82, 2.24) is 5.32 Å². The van der Waals surface area contributed by atoms with E-state index in [1.54, 1.807) is 18.2 Å². The molecule has 9 heteroatoms. The van der Waals surface area contributed by atoms with E-state index >= 15 is 0 Å². The van der Waals surface area contributed by atoms with E-state index in [0.29, 0.717) is 36.6 Å². The highest BCUT2D eigenvalue weighted by atomic mass is 31.2. The Morgan fingerprint density at radius 1 is 0.892 bits per heavy atom. The van der Waals surface area contributed by atoms with E-state index in [2.05, 4.69) is 5.32 Å². The number of nitrogens with one attached hydrogen (secondary N) is 1. The Kier molecular flexibility index (Phi) is 11.5. The second-order valence-corrected chi connectivity index (χ2v) is 11.3. The molecule has 0 saturated carbocycles. The largest absolute Gasteiger partial charge is 0.508 e. The van der Waals surface area contributed by atoms with Crippen LogP contribution in [-0.2, 0) is 24.0 Å². The van der Waals surface area contributed by atoms with Crippen LogP contribution in [0.25, 0.3) is 0 Å². The maximum atomic E-state index is 12.4. The van der Waals surface area contributed by atoms with Crippen molar-refractivity contribution in [3.63, 3.8) is 0 Å². The predicted molar refractivity (Wildman–Crippen MR) is 143 cm³/mol. The molecule has 3 aromatic carbocycles. The van der Waals surface area contributed by atoms with Crippen LogP contribution in [0.2, 0.25) is 0 Å². The number of aryl methyl sites for hydroxylation is 1. The van der Waals surface area contributed by atoms with Gasteiger partial charge in [-0.3, -0.25) is 4.57 Å². The number of aromatic hydroxyl groups is 1. The van der Waals surface area contributed by atoms with Crippen LogP contribution in [0.4, 0.5) is 0 Å². The smallest absolute Gasteiger partial charge is 0.236 e. The molecule has 1 unspecified atom stereocenters. The van der Waals surface area contributed by atoms with Crippen molar-refractivity contribution in [3.8, 4) is 17.2 Å². The van der Waals surface area contributed by atoms with Crippen LogP contribution in [0.5, 0.6) is 17.2 Å². The van der Waals surface area contributed by atoms with E-state index in [1.165, 1.54) is 12.1 Å². The summed E-state index contributed by atoms with van der Waals surface area (Å²) in [5.41, 5.74) is 2.59. The van der Waals surface area contributed by atoms with Gasteiger partial charge in [-0.25, -0.2) is 0 Å². The lowest BCUT2D eigenvalue weighted by molar-refractivity contribution is 0.106. The number of phenols is 1. The Labute approximate surface area is 218 Å². The van der Waals surface area contributed by atoms with Crippen molar-refractivity contribution in [2.24, 2.45) is 0 Å². The number of hydrogen-bond acceptors (Lipinski definition) is 7. The summed E-state index contributed by atoms with van der Waals surface area (Å²) in [5.74, 6) is 1.02. The number of rotatable bonds is 16. The predicted octanol–water partition coefficient (Wildman–Crippen LogP) is 3.70. The lowest BCUT2D eigenvalue weighted by Gasteiger charge is -2.14. The number of aliphatic hydroxyl groups excluding tert-OH is 2. The van der Waals surface area contributed by atoms with E-state index in [0.717, 1.165) is 24.0 Å². The van der Waals surface area contributed by atoms with Crippen molar-refractivity contribution in [2.75, 3.05) is 32.2 Å². The lowest BCUT2D eigenvalue weighted by atomic mass is 10.1. The molecule has 0 saturated heterocycles. The molecule has 2 atom stereocenters. The maximum absolute atomic E-state index is 12.4. The summed E-state index contributed by atoms with van der Waals surface area (Å²) in [6.07, 6.45) is 1.44. The fourth-order valence-corrected chi connectivity index (χ4v) is 4.83. The molecule has 37 heavy (non-hydrogen) atoms. The molecule has 0 aliphatic rings. The van der Waals surface area contributed by atoms with E-state index in [9.17, 15) is 24.8 Å². The summed E-state index contributed by atoms with van der Waals surface area (Å²) in [5, 5.41) is 32.1. The Morgan fingerprint density at radius 2 is 1.59 bits per heavy atom. The second kappa shape index (κ2) is 14.8. The topological polar surface area (TPSA) is 128 Å². The molecule has 0 fully saturated rings. The van der Waals surface area contributed by atoms with Crippen LogP contribution in [0.3, 0.4) is 0 Å². The summed E-state index contributed by atoms with van der Waals surface area (Å²) in [4.78, 5) is 10.2. The van der Waals surface area contributed by atoms with Crippen molar-refractivity contribution in [1.29, 1.82) is 0 Å². The van der Waals surface area contributed by atoms with Gasteiger partial charge in [-0.1, -0.05) is 42.5 Å². The van der Waals surface area contributed by atoms with Crippen LogP contribution in [0.1, 0.15) is 23.1 Å². The molecule has 0 heterocycles. The summed E-state index contributed by atoms with van der Waals surface area (Å²) < 4.78 is 23.5. The van der Waals surface area contributed by atoms with Crippen molar-refractivity contribution < 1.29 is 34.3 Å². The standard InChI is InChI=1S/C28H36NO7P/c30-19-24-17-27(12-13-28(24)32)35-20-25(31)18-29-15-14-23-8-10-26(11-9-23)36-21-37(33,34)16-4-7-22-5-2-1-3-6-22/h1-3,5-6,8-13,17,25,29-32H,4,7,14-16,18-21H2,(H,33,34)/t25-/m0/s1. The van der Waals surface area contributed by atoms with Gasteiger partial charge < -0.3 is 35.0 Å². The third kappa shape index (κ3) is 10.6. The third-order valence-corrected chi connectivity index (χ3v) is 7.35. The minimum Gasteiger partial charge on any atom is -0.508 e. The molecule has 0 aliphatic carbocycles. The summed E-state index contributed by atoms with van der Waals surface area (Å²) >= 11 is 0. The highest BCUT2D eigenvalue weighted by Crippen LogP contribution is 2.41.